The van der Waals surface area contributed by atoms with Gasteiger partial charge in [-0.25, -0.2) is 9.69 Å². The van der Waals surface area contributed by atoms with E-state index < -0.39 is 47.2 Å². The molecule has 0 unspecified atom stereocenters. The number of nitrogens with zero attached hydrogens (tertiary/aromatic N) is 1. The van der Waals surface area contributed by atoms with Gasteiger partial charge in [0.15, 0.2) is 23.1 Å². The first-order valence-corrected chi connectivity index (χ1v) is 13.5. The van der Waals surface area contributed by atoms with Gasteiger partial charge in [-0.3, -0.25) is 19.2 Å². The normalized spacial score (nSPS) is 25.1. The standard InChI is InChI=1S/C31H24ClNO9/c1-12-7-21(34)19-11-18-15(24(26(19)27(12)36)13-8-20(32)28(37)23(9-13)42-2)5-6-17-25(18)30(39)33(29(17)38)14-3-4-16(31(40)41)22(35)10-14/h3-5,7-10,17-18,24-25,35,37H,6,11H2,1-2H3,(H,40,41)/t17-,18+,24-,25-/m0/s1. The first-order chi connectivity index (χ1) is 19.9. The number of fused-ring (bicyclic) bond motifs is 3. The molecular weight excluding hydrogens is 566 g/mol. The van der Waals surface area contributed by atoms with Gasteiger partial charge in [0.05, 0.1) is 29.7 Å². The van der Waals surface area contributed by atoms with Gasteiger partial charge >= 0.3 is 5.97 Å². The fourth-order valence-electron chi connectivity index (χ4n) is 6.75. The predicted molar refractivity (Wildman–Crippen MR) is 149 cm³/mol. The van der Waals surface area contributed by atoms with Gasteiger partial charge in [-0.2, -0.15) is 0 Å². The molecule has 2 aromatic carbocycles. The third-order valence-electron chi connectivity index (χ3n) is 8.64. The molecule has 2 amide bonds. The Kier molecular flexibility index (Phi) is 6.34. The van der Waals surface area contributed by atoms with Crippen LogP contribution in [0.3, 0.4) is 0 Å². The van der Waals surface area contributed by atoms with Crippen molar-refractivity contribution in [2.75, 3.05) is 12.0 Å². The number of carboxylic acids is 1. The number of carboxylic acid groups (broad SMARTS) is 1. The minimum absolute atomic E-state index is 0.0207. The molecule has 3 N–H and O–H groups in total. The van der Waals surface area contributed by atoms with Crippen LogP contribution < -0.4 is 9.64 Å². The average molecular weight is 590 g/mol. The Balaban J connectivity index is 1.48. The lowest BCUT2D eigenvalue weighted by molar-refractivity contribution is -0.123. The smallest absolute Gasteiger partial charge is 0.339 e. The Hall–Kier alpha value is -4.70. The minimum Gasteiger partial charge on any atom is -0.507 e. The van der Waals surface area contributed by atoms with Crippen LogP contribution in [0.4, 0.5) is 5.69 Å². The number of rotatable bonds is 4. The van der Waals surface area contributed by atoms with Crippen LogP contribution in [0.1, 0.15) is 41.6 Å². The number of halogens is 1. The molecule has 11 heteroatoms. The highest BCUT2D eigenvalue weighted by Crippen LogP contribution is 2.56. The number of benzene rings is 2. The molecule has 42 heavy (non-hydrogen) atoms. The highest BCUT2D eigenvalue weighted by Gasteiger charge is 2.56. The molecule has 0 saturated carbocycles. The molecular formula is C31H24ClNO9. The van der Waals surface area contributed by atoms with Gasteiger partial charge in [0, 0.05) is 28.7 Å². The number of phenolic OH excluding ortho intramolecular Hbond substituents is 1. The van der Waals surface area contributed by atoms with E-state index >= 15 is 0 Å². The number of amides is 2. The fourth-order valence-corrected chi connectivity index (χ4v) is 6.97. The molecule has 214 valence electrons. The minimum atomic E-state index is -1.36. The van der Waals surface area contributed by atoms with E-state index in [-0.39, 0.29) is 68.9 Å². The summed E-state index contributed by atoms with van der Waals surface area (Å²) in [6.45, 7) is 1.56. The van der Waals surface area contributed by atoms with Crippen molar-refractivity contribution in [3.63, 3.8) is 0 Å². The number of hydrogen-bond donors (Lipinski definition) is 3. The zero-order chi connectivity index (χ0) is 30.2. The third-order valence-corrected chi connectivity index (χ3v) is 8.93. The zero-order valence-electron chi connectivity index (χ0n) is 22.4. The van der Waals surface area contributed by atoms with Gasteiger partial charge in [0.2, 0.25) is 11.8 Å². The summed E-state index contributed by atoms with van der Waals surface area (Å²) < 4.78 is 5.30. The molecule has 0 spiro atoms. The van der Waals surface area contributed by atoms with Gasteiger partial charge < -0.3 is 20.1 Å². The maximum absolute atomic E-state index is 14.0. The van der Waals surface area contributed by atoms with Crippen LogP contribution in [0.5, 0.6) is 17.2 Å². The molecule has 4 atom stereocenters. The van der Waals surface area contributed by atoms with Crippen molar-refractivity contribution >= 4 is 46.6 Å². The summed E-state index contributed by atoms with van der Waals surface area (Å²) in [6.07, 6.45) is 3.35. The van der Waals surface area contributed by atoms with Gasteiger partial charge in [-0.15, -0.1) is 0 Å². The lowest BCUT2D eigenvalue weighted by Gasteiger charge is -2.42. The van der Waals surface area contributed by atoms with Gasteiger partial charge in [-0.1, -0.05) is 23.3 Å². The first-order valence-electron chi connectivity index (χ1n) is 13.1. The van der Waals surface area contributed by atoms with Gasteiger partial charge in [0.1, 0.15) is 11.3 Å². The number of carbonyl (C=O) groups is 5. The van der Waals surface area contributed by atoms with E-state index in [4.69, 9.17) is 16.3 Å². The molecule has 1 aliphatic heterocycles. The maximum Gasteiger partial charge on any atom is 0.339 e. The predicted octanol–water partition coefficient (Wildman–Crippen LogP) is 4.09. The molecule has 1 saturated heterocycles. The van der Waals surface area contributed by atoms with Crippen molar-refractivity contribution in [2.45, 2.75) is 25.7 Å². The van der Waals surface area contributed by atoms with Gasteiger partial charge in [-0.05, 0) is 61.6 Å². The number of anilines is 1. The van der Waals surface area contributed by atoms with Crippen LogP contribution in [-0.2, 0) is 19.2 Å². The molecule has 3 aliphatic carbocycles. The summed E-state index contributed by atoms with van der Waals surface area (Å²) in [5.74, 6) is -6.94. The van der Waals surface area contributed by atoms with Crippen LogP contribution in [-0.4, -0.2) is 51.8 Å². The van der Waals surface area contributed by atoms with Crippen molar-refractivity contribution in [1.82, 2.24) is 0 Å². The molecule has 6 rings (SSSR count). The number of ether oxygens (including phenoxy) is 1. The number of aromatic hydroxyl groups is 2. The lowest BCUT2D eigenvalue weighted by atomic mass is 9.59. The fraction of sp³-hybridized carbons (Fsp3) is 0.258. The second-order valence-electron chi connectivity index (χ2n) is 10.8. The topological polar surface area (TPSA) is 159 Å². The molecule has 2 aromatic rings. The molecule has 0 radical (unpaired) electrons. The molecule has 10 nitrogen and oxygen atoms in total. The largest absolute Gasteiger partial charge is 0.507 e. The number of methoxy groups -OCH3 is 1. The number of aromatic carboxylic acids is 1. The Morgan fingerprint density at radius 2 is 1.79 bits per heavy atom. The van der Waals surface area contributed by atoms with Crippen molar-refractivity contribution in [3.05, 3.63) is 80.9 Å². The molecule has 0 bridgehead atoms. The van der Waals surface area contributed by atoms with Crippen LogP contribution in [0.25, 0.3) is 0 Å². The van der Waals surface area contributed by atoms with E-state index in [0.717, 1.165) is 17.0 Å². The summed E-state index contributed by atoms with van der Waals surface area (Å²) in [5.41, 5.74) is 1.62. The van der Waals surface area contributed by atoms with Gasteiger partial charge in [0.25, 0.3) is 0 Å². The summed E-state index contributed by atoms with van der Waals surface area (Å²) in [5, 5.41) is 29.8. The number of allylic oxidation sites excluding steroid dienone is 6. The SMILES string of the molecule is COc1cc([C@H]2C3=CC[C@@H]4C(=O)N(c5ccc(C(=O)O)c(O)c5)C(=O)[C@@H]4[C@@H]3CC3=C2C(=O)C(C)=CC3=O)cc(Cl)c1O. The van der Waals surface area contributed by atoms with E-state index in [1.807, 2.05) is 6.08 Å². The highest BCUT2D eigenvalue weighted by molar-refractivity contribution is 6.32. The van der Waals surface area contributed by atoms with Crippen LogP contribution in [0, 0.1) is 17.8 Å². The van der Waals surface area contributed by atoms with E-state index in [0.29, 0.717) is 11.1 Å². The van der Waals surface area contributed by atoms with Crippen LogP contribution in [0.2, 0.25) is 5.02 Å². The van der Waals surface area contributed by atoms with E-state index in [2.05, 4.69) is 0 Å². The monoisotopic (exact) mass is 589 g/mol. The van der Waals surface area contributed by atoms with Crippen molar-refractivity contribution in [2.24, 2.45) is 17.8 Å². The first kappa shape index (κ1) is 27.5. The van der Waals surface area contributed by atoms with E-state index in [9.17, 15) is 39.3 Å². The summed E-state index contributed by atoms with van der Waals surface area (Å²) in [6, 6.07) is 6.51. The molecule has 4 aliphatic rings. The van der Waals surface area contributed by atoms with Crippen molar-refractivity contribution < 1.29 is 44.0 Å². The second-order valence-corrected chi connectivity index (χ2v) is 11.2. The quantitative estimate of drug-likeness (QED) is 0.271. The number of hydrogen-bond acceptors (Lipinski definition) is 8. The second kappa shape index (κ2) is 9.70. The average Bonchev–Trinajstić information content (AvgIpc) is 3.21. The Bertz CT molecular complexity index is 1750. The van der Waals surface area contributed by atoms with Crippen molar-refractivity contribution in [1.29, 1.82) is 0 Å². The zero-order valence-corrected chi connectivity index (χ0v) is 23.1. The molecule has 1 fully saturated rings. The molecule has 0 aromatic heterocycles. The number of phenols is 2. The van der Waals surface area contributed by atoms with Crippen LogP contribution in [0.15, 0.2) is 64.8 Å². The number of Topliss-reactive ketones (excluding diaryl/α,β-unsaturated/α-hetero) is 1. The Morgan fingerprint density at radius 1 is 1.05 bits per heavy atom. The number of imide groups is 1. The van der Waals surface area contributed by atoms with Crippen molar-refractivity contribution in [3.8, 4) is 17.2 Å². The molecule has 1 heterocycles. The lowest BCUT2D eigenvalue weighted by Crippen LogP contribution is -2.39. The highest BCUT2D eigenvalue weighted by atomic mass is 35.5. The summed E-state index contributed by atoms with van der Waals surface area (Å²) >= 11 is 6.33. The Labute approximate surface area is 244 Å². The summed E-state index contributed by atoms with van der Waals surface area (Å²) in [7, 11) is 1.36. The number of ketones is 2. The number of carbonyl (C=O) groups excluding carboxylic acids is 4. The maximum atomic E-state index is 14.0. The van der Waals surface area contributed by atoms with E-state index in [1.165, 1.54) is 31.4 Å². The summed E-state index contributed by atoms with van der Waals surface area (Å²) in [4.78, 5) is 66.7. The Morgan fingerprint density at radius 3 is 2.45 bits per heavy atom. The van der Waals surface area contributed by atoms with E-state index in [1.54, 1.807) is 6.92 Å². The van der Waals surface area contributed by atoms with Crippen LogP contribution >= 0.6 is 11.6 Å². The third kappa shape index (κ3) is 3.89.